The average molecular weight is 565 g/mol. The van der Waals surface area contributed by atoms with Gasteiger partial charge in [0.05, 0.1) is 53.9 Å². The molecule has 2 atom stereocenters. The molecule has 4 N–H and O–H groups in total. The third kappa shape index (κ3) is 5.32. The highest BCUT2D eigenvalue weighted by Gasteiger charge is 2.32. The Morgan fingerprint density at radius 1 is 1.19 bits per heavy atom. The van der Waals surface area contributed by atoms with Gasteiger partial charge in [0.25, 0.3) is 5.91 Å². The SMILES string of the molecule is COc1ccc(C#N)c(F)c1-c1nccc(C(=O)Nc2ccc(-c3cnccc3C#N)cc2N2C[C@@H](N)C[C@H]2CO)n1. The highest BCUT2D eigenvalue weighted by atomic mass is 19.1. The van der Waals surface area contributed by atoms with Gasteiger partial charge in [0, 0.05) is 36.7 Å². The second kappa shape index (κ2) is 12.0. The molecule has 1 saturated heterocycles. The molecule has 1 fully saturated rings. The van der Waals surface area contributed by atoms with Gasteiger partial charge in [-0.15, -0.1) is 0 Å². The first-order chi connectivity index (χ1) is 20.4. The lowest BCUT2D eigenvalue weighted by molar-refractivity contribution is 0.102. The van der Waals surface area contributed by atoms with Crippen molar-refractivity contribution < 1.29 is 19.0 Å². The minimum atomic E-state index is -0.861. The number of halogens is 1. The maximum atomic E-state index is 15.1. The zero-order valence-electron chi connectivity index (χ0n) is 22.5. The van der Waals surface area contributed by atoms with Crippen molar-refractivity contribution in [3.05, 3.63) is 83.7 Å². The Morgan fingerprint density at radius 3 is 2.74 bits per heavy atom. The third-order valence-corrected chi connectivity index (χ3v) is 7.02. The smallest absolute Gasteiger partial charge is 0.274 e. The molecule has 2 aromatic heterocycles. The molecule has 0 radical (unpaired) electrons. The number of nitrogens with zero attached hydrogens (tertiary/aromatic N) is 6. The summed E-state index contributed by atoms with van der Waals surface area (Å²) in [7, 11) is 1.35. The second-order valence-electron chi connectivity index (χ2n) is 9.59. The molecule has 1 aliphatic rings. The van der Waals surface area contributed by atoms with Crippen LogP contribution in [0.1, 0.15) is 28.0 Å². The van der Waals surface area contributed by atoms with E-state index in [-0.39, 0.29) is 47.1 Å². The Balaban J connectivity index is 1.54. The molecule has 0 aliphatic carbocycles. The number of anilines is 2. The van der Waals surface area contributed by atoms with E-state index in [9.17, 15) is 20.4 Å². The number of carbonyl (C=O) groups excluding carboxylic acids is 1. The number of carbonyl (C=O) groups is 1. The molecule has 42 heavy (non-hydrogen) atoms. The molecule has 2 aromatic carbocycles. The summed E-state index contributed by atoms with van der Waals surface area (Å²) >= 11 is 0. The number of hydrogen-bond donors (Lipinski definition) is 3. The molecule has 4 aromatic rings. The van der Waals surface area contributed by atoms with Crippen molar-refractivity contribution in [1.82, 2.24) is 15.0 Å². The van der Waals surface area contributed by atoms with E-state index in [1.165, 1.54) is 37.7 Å². The quantitative estimate of drug-likeness (QED) is 0.302. The highest BCUT2D eigenvalue weighted by Crippen LogP contribution is 2.37. The number of aliphatic hydroxyl groups is 1. The monoisotopic (exact) mass is 564 g/mol. The number of methoxy groups -OCH3 is 1. The van der Waals surface area contributed by atoms with E-state index in [4.69, 9.17) is 10.5 Å². The van der Waals surface area contributed by atoms with Crippen LogP contribution in [-0.4, -0.2) is 58.3 Å². The van der Waals surface area contributed by atoms with Crippen LogP contribution < -0.4 is 20.7 Å². The first kappa shape index (κ1) is 28.1. The molecular weight excluding hydrogens is 539 g/mol. The number of aromatic nitrogens is 3. The molecule has 0 unspecified atom stereocenters. The van der Waals surface area contributed by atoms with Crippen LogP contribution in [0.15, 0.2) is 61.1 Å². The summed E-state index contributed by atoms with van der Waals surface area (Å²) in [6.45, 7) is 0.285. The van der Waals surface area contributed by atoms with Crippen molar-refractivity contribution in [2.45, 2.75) is 18.5 Å². The van der Waals surface area contributed by atoms with Gasteiger partial charge in [-0.2, -0.15) is 10.5 Å². The number of amides is 1. The van der Waals surface area contributed by atoms with Crippen molar-refractivity contribution in [2.75, 3.05) is 30.5 Å². The van der Waals surface area contributed by atoms with Crippen LogP contribution in [0, 0.1) is 28.5 Å². The van der Waals surface area contributed by atoms with Crippen molar-refractivity contribution in [2.24, 2.45) is 5.73 Å². The zero-order chi connectivity index (χ0) is 29.8. The third-order valence-electron chi connectivity index (χ3n) is 7.02. The normalized spacial score (nSPS) is 16.0. The zero-order valence-corrected chi connectivity index (χ0v) is 22.5. The number of pyridine rings is 1. The summed E-state index contributed by atoms with van der Waals surface area (Å²) in [5.74, 6) is -1.49. The number of rotatable bonds is 7. The summed E-state index contributed by atoms with van der Waals surface area (Å²) < 4.78 is 20.4. The number of ether oxygens (including phenoxy) is 1. The van der Waals surface area contributed by atoms with Crippen molar-refractivity contribution >= 4 is 17.3 Å². The van der Waals surface area contributed by atoms with Gasteiger partial charge in [0.1, 0.15) is 17.5 Å². The van der Waals surface area contributed by atoms with E-state index < -0.39 is 11.7 Å². The predicted octanol–water partition coefficient (Wildman–Crippen LogP) is 3.25. The summed E-state index contributed by atoms with van der Waals surface area (Å²) in [5, 5.41) is 31.8. The molecule has 5 rings (SSSR count). The minimum Gasteiger partial charge on any atom is -0.496 e. The number of aliphatic hydroxyl groups excluding tert-OH is 1. The van der Waals surface area contributed by atoms with Gasteiger partial charge in [-0.25, -0.2) is 14.4 Å². The van der Waals surface area contributed by atoms with Crippen LogP contribution in [0.3, 0.4) is 0 Å². The van der Waals surface area contributed by atoms with E-state index in [1.54, 1.807) is 30.5 Å². The van der Waals surface area contributed by atoms with Crippen LogP contribution in [0.25, 0.3) is 22.5 Å². The Hall–Kier alpha value is -5.43. The fourth-order valence-corrected chi connectivity index (χ4v) is 5.00. The average Bonchev–Trinajstić information content (AvgIpc) is 3.41. The molecule has 11 nitrogen and oxygen atoms in total. The number of hydrogen-bond acceptors (Lipinski definition) is 10. The molecule has 1 amide bonds. The van der Waals surface area contributed by atoms with Crippen LogP contribution >= 0.6 is 0 Å². The summed E-state index contributed by atoms with van der Waals surface area (Å²) in [5.41, 5.74) is 8.53. The topological polar surface area (TPSA) is 174 Å². The molecule has 3 heterocycles. The van der Waals surface area contributed by atoms with Crippen LogP contribution in [0.4, 0.5) is 15.8 Å². The fraction of sp³-hybridized carbons (Fsp3) is 0.200. The van der Waals surface area contributed by atoms with Crippen LogP contribution in [0.2, 0.25) is 0 Å². The number of nitriles is 2. The van der Waals surface area contributed by atoms with Gasteiger partial charge in [-0.1, -0.05) is 6.07 Å². The van der Waals surface area contributed by atoms with E-state index in [2.05, 4.69) is 26.3 Å². The van der Waals surface area contributed by atoms with Gasteiger partial charge >= 0.3 is 0 Å². The van der Waals surface area contributed by atoms with Crippen molar-refractivity contribution in [3.8, 4) is 40.4 Å². The van der Waals surface area contributed by atoms with Gasteiger partial charge in [-0.3, -0.25) is 9.78 Å². The molecule has 0 saturated carbocycles. The number of nitrogens with two attached hydrogens (primary N) is 1. The molecule has 210 valence electrons. The maximum Gasteiger partial charge on any atom is 0.274 e. The van der Waals surface area contributed by atoms with E-state index in [0.29, 0.717) is 41.0 Å². The summed E-state index contributed by atoms with van der Waals surface area (Å²) in [6, 6.07) is 14.4. The Labute approximate surface area is 240 Å². The first-order valence-electron chi connectivity index (χ1n) is 12.9. The molecular formula is C30H25FN8O3. The molecule has 1 aliphatic heterocycles. The Morgan fingerprint density at radius 2 is 2.00 bits per heavy atom. The number of nitrogens with one attached hydrogen (secondary N) is 1. The Bertz CT molecular complexity index is 1750. The fourth-order valence-electron chi connectivity index (χ4n) is 5.00. The van der Waals surface area contributed by atoms with E-state index in [1.807, 2.05) is 11.0 Å². The predicted molar refractivity (Wildman–Crippen MR) is 152 cm³/mol. The summed E-state index contributed by atoms with van der Waals surface area (Å²) in [6.07, 6.45) is 4.99. The van der Waals surface area contributed by atoms with E-state index >= 15 is 4.39 Å². The van der Waals surface area contributed by atoms with Crippen LogP contribution in [-0.2, 0) is 0 Å². The number of benzene rings is 2. The standard InChI is InChI=1S/C30H25FN8O3/c1-42-26-5-3-19(13-33)28(31)27(26)29-36-9-7-24(37-29)30(41)38-23-4-2-17(22-14-35-8-6-18(22)12-32)10-25(23)39-15-20(34)11-21(39)16-40/h2-10,14,20-21,40H,11,15-16,34H2,1H3,(H,38,41)/t20-,21-/m0/s1. The second-order valence-corrected chi connectivity index (χ2v) is 9.59. The molecule has 0 spiro atoms. The highest BCUT2D eigenvalue weighted by molar-refractivity contribution is 6.05. The summed E-state index contributed by atoms with van der Waals surface area (Å²) in [4.78, 5) is 27.9. The van der Waals surface area contributed by atoms with Gasteiger partial charge < -0.3 is 25.8 Å². The van der Waals surface area contributed by atoms with E-state index in [0.717, 1.165) is 0 Å². The lowest BCUT2D eigenvalue weighted by Gasteiger charge is -2.28. The first-order valence-corrected chi connectivity index (χ1v) is 12.9. The molecule has 0 bridgehead atoms. The van der Waals surface area contributed by atoms with Crippen molar-refractivity contribution in [3.63, 3.8) is 0 Å². The lowest BCUT2D eigenvalue weighted by Crippen LogP contribution is -2.33. The van der Waals surface area contributed by atoms with Crippen molar-refractivity contribution in [1.29, 1.82) is 10.5 Å². The molecule has 12 heteroatoms. The minimum absolute atomic E-state index is 0.0605. The Kier molecular flexibility index (Phi) is 8.02. The van der Waals surface area contributed by atoms with Gasteiger partial charge in [0.15, 0.2) is 11.6 Å². The maximum absolute atomic E-state index is 15.1. The van der Waals surface area contributed by atoms with Gasteiger partial charge in [0.2, 0.25) is 0 Å². The van der Waals surface area contributed by atoms with Crippen LogP contribution in [0.5, 0.6) is 5.75 Å². The largest absolute Gasteiger partial charge is 0.496 e. The van der Waals surface area contributed by atoms with Gasteiger partial charge in [-0.05, 0) is 48.4 Å². The lowest BCUT2D eigenvalue weighted by atomic mass is 10.0.